The van der Waals surface area contributed by atoms with Crippen molar-refractivity contribution in [3.05, 3.63) is 57.3 Å². The van der Waals surface area contributed by atoms with Crippen LogP contribution in [-0.4, -0.2) is 4.98 Å². The maximum atomic E-state index is 6.16. The van der Waals surface area contributed by atoms with Crippen LogP contribution in [0.3, 0.4) is 0 Å². The summed E-state index contributed by atoms with van der Waals surface area (Å²) in [7, 11) is 0. The van der Waals surface area contributed by atoms with E-state index in [0.29, 0.717) is 5.15 Å². The smallest absolute Gasteiger partial charge is 0.152 e. The summed E-state index contributed by atoms with van der Waals surface area (Å²) in [5, 5.41) is 3.91. The Labute approximate surface area is 125 Å². The van der Waals surface area contributed by atoms with Crippen LogP contribution in [0.1, 0.15) is 29.6 Å². The Kier molecular flexibility index (Phi) is 3.48. The molecule has 1 heterocycles. The molecule has 5 heteroatoms. The molecule has 98 valence electrons. The summed E-state index contributed by atoms with van der Waals surface area (Å²) in [6, 6.07) is 10.4. The van der Waals surface area contributed by atoms with Gasteiger partial charge in [0, 0.05) is 16.7 Å². The number of hydrogen-bond acceptors (Lipinski definition) is 3. The molecule has 1 aliphatic rings. The first-order valence-corrected chi connectivity index (χ1v) is 7.24. The van der Waals surface area contributed by atoms with Gasteiger partial charge in [-0.2, -0.15) is 0 Å². The summed E-state index contributed by atoms with van der Waals surface area (Å²) in [4.78, 5) is 4.12. The van der Waals surface area contributed by atoms with Crippen molar-refractivity contribution in [2.24, 2.45) is 5.73 Å². The Bertz CT molecular complexity index is 617. The van der Waals surface area contributed by atoms with Crippen LogP contribution in [0.25, 0.3) is 0 Å². The van der Waals surface area contributed by atoms with E-state index in [2.05, 4.69) is 38.4 Å². The van der Waals surface area contributed by atoms with Gasteiger partial charge in [-0.05, 0) is 39.5 Å². The van der Waals surface area contributed by atoms with Gasteiger partial charge in [-0.25, -0.2) is 4.98 Å². The molecule has 3 N–H and O–H groups in total. The molecule has 3 nitrogen and oxygen atoms in total. The van der Waals surface area contributed by atoms with Crippen LogP contribution in [0.4, 0.5) is 5.69 Å². The molecule has 0 aliphatic heterocycles. The fourth-order valence-electron chi connectivity index (χ4n) is 2.52. The summed E-state index contributed by atoms with van der Waals surface area (Å²) in [5.41, 5.74) is 9.43. The minimum Gasteiger partial charge on any atom is -0.376 e. The van der Waals surface area contributed by atoms with Crippen LogP contribution >= 0.6 is 27.5 Å². The predicted octanol–water partition coefficient (Wildman–Crippen LogP) is 4.05. The molecule has 0 radical (unpaired) electrons. The highest BCUT2D eigenvalue weighted by atomic mass is 79.9. The molecule has 1 aromatic heterocycles. The highest BCUT2D eigenvalue weighted by molar-refractivity contribution is 9.10. The third kappa shape index (κ3) is 2.48. The molecule has 0 spiro atoms. The van der Waals surface area contributed by atoms with Crippen LogP contribution in [0.5, 0.6) is 0 Å². The van der Waals surface area contributed by atoms with Gasteiger partial charge < -0.3 is 11.1 Å². The first-order chi connectivity index (χ1) is 9.15. The van der Waals surface area contributed by atoms with Crippen molar-refractivity contribution in [3.63, 3.8) is 0 Å². The number of hydrogen-bond donors (Lipinski definition) is 2. The Morgan fingerprint density at radius 3 is 2.84 bits per heavy atom. The number of fused-ring (bicyclic) bond motifs is 1. The summed E-state index contributed by atoms with van der Waals surface area (Å²) in [5.74, 6) is 0. The van der Waals surface area contributed by atoms with Crippen LogP contribution in [0, 0.1) is 0 Å². The zero-order valence-corrected chi connectivity index (χ0v) is 12.4. The van der Waals surface area contributed by atoms with Gasteiger partial charge in [-0.3, -0.25) is 0 Å². The lowest BCUT2D eigenvalue weighted by Crippen LogP contribution is -2.10. The Morgan fingerprint density at radius 2 is 2.05 bits per heavy atom. The molecule has 0 saturated carbocycles. The fourth-order valence-corrected chi connectivity index (χ4v) is 3.01. The number of nitrogens with two attached hydrogens (primary N) is 1. The number of anilines is 1. The van der Waals surface area contributed by atoms with Gasteiger partial charge in [-0.1, -0.05) is 35.9 Å². The second-order valence-corrected chi connectivity index (χ2v) is 5.93. The average molecular weight is 339 g/mol. The van der Waals surface area contributed by atoms with Crippen LogP contribution in [0.2, 0.25) is 5.15 Å². The van der Waals surface area contributed by atoms with Crippen molar-refractivity contribution in [2.45, 2.75) is 18.5 Å². The Hall–Kier alpha value is -1.10. The van der Waals surface area contributed by atoms with E-state index in [4.69, 9.17) is 17.3 Å². The van der Waals surface area contributed by atoms with E-state index in [0.717, 1.165) is 16.6 Å². The van der Waals surface area contributed by atoms with Gasteiger partial charge >= 0.3 is 0 Å². The van der Waals surface area contributed by atoms with Crippen molar-refractivity contribution >= 4 is 33.2 Å². The number of benzene rings is 1. The third-order valence-corrected chi connectivity index (χ3v) is 4.13. The molecular weight excluding hydrogens is 326 g/mol. The zero-order chi connectivity index (χ0) is 13.4. The van der Waals surface area contributed by atoms with Crippen molar-refractivity contribution in [1.29, 1.82) is 0 Å². The van der Waals surface area contributed by atoms with Gasteiger partial charge in [0.1, 0.15) is 0 Å². The van der Waals surface area contributed by atoms with Gasteiger partial charge in [-0.15, -0.1) is 0 Å². The monoisotopic (exact) mass is 337 g/mol. The summed E-state index contributed by atoms with van der Waals surface area (Å²) in [6.45, 7) is 0. The van der Waals surface area contributed by atoms with Gasteiger partial charge in [0.2, 0.25) is 0 Å². The normalized spacial score (nSPS) is 21.2. The topological polar surface area (TPSA) is 50.9 Å². The lowest BCUT2D eigenvalue weighted by molar-refractivity contribution is 0.648. The lowest BCUT2D eigenvalue weighted by atomic mass is 10.1. The molecular formula is C14H13BrClN3. The molecule has 2 aromatic rings. The maximum Gasteiger partial charge on any atom is 0.152 e. The molecule has 0 amide bonds. The van der Waals surface area contributed by atoms with Gasteiger partial charge in [0.25, 0.3) is 0 Å². The molecule has 0 fully saturated rings. The summed E-state index contributed by atoms with van der Waals surface area (Å²) >= 11 is 9.52. The molecule has 1 aliphatic carbocycles. The van der Waals surface area contributed by atoms with E-state index in [1.165, 1.54) is 11.1 Å². The van der Waals surface area contributed by atoms with Crippen molar-refractivity contribution in [3.8, 4) is 0 Å². The minimum absolute atomic E-state index is 0.0765. The molecule has 1 aromatic carbocycles. The third-order valence-electron chi connectivity index (χ3n) is 3.40. The largest absolute Gasteiger partial charge is 0.376 e. The first kappa shape index (κ1) is 12.9. The van der Waals surface area contributed by atoms with Gasteiger partial charge in [0.15, 0.2) is 5.15 Å². The Balaban J connectivity index is 1.91. The lowest BCUT2D eigenvalue weighted by Gasteiger charge is -2.16. The number of halogens is 2. The van der Waals surface area contributed by atoms with Crippen molar-refractivity contribution in [2.75, 3.05) is 5.32 Å². The molecule has 0 bridgehead atoms. The second kappa shape index (κ2) is 5.12. The SMILES string of the molecule is NC1CC(Nc2cc(Br)cnc2Cl)c2ccccc21. The number of aromatic nitrogens is 1. The molecule has 2 unspecified atom stereocenters. The molecule has 2 atom stereocenters. The Morgan fingerprint density at radius 1 is 1.32 bits per heavy atom. The summed E-state index contributed by atoms with van der Waals surface area (Å²) < 4.78 is 0.898. The predicted molar refractivity (Wildman–Crippen MR) is 81.3 cm³/mol. The maximum absolute atomic E-state index is 6.16. The fraction of sp³-hybridized carbons (Fsp3) is 0.214. The van der Waals surface area contributed by atoms with Crippen LogP contribution in [0.15, 0.2) is 41.0 Å². The van der Waals surface area contributed by atoms with Crippen molar-refractivity contribution in [1.82, 2.24) is 4.98 Å². The summed E-state index contributed by atoms with van der Waals surface area (Å²) in [6.07, 6.45) is 2.55. The van der Waals surface area contributed by atoms with E-state index in [9.17, 15) is 0 Å². The zero-order valence-electron chi connectivity index (χ0n) is 10.1. The van der Waals surface area contributed by atoms with Crippen molar-refractivity contribution < 1.29 is 0 Å². The quantitative estimate of drug-likeness (QED) is 0.812. The molecule has 0 saturated heterocycles. The highest BCUT2D eigenvalue weighted by Crippen LogP contribution is 2.40. The first-order valence-electron chi connectivity index (χ1n) is 6.07. The average Bonchev–Trinajstić information content (AvgIpc) is 2.72. The number of pyridine rings is 1. The van der Waals surface area contributed by atoms with E-state index >= 15 is 0 Å². The molecule has 3 rings (SSSR count). The van der Waals surface area contributed by atoms with Gasteiger partial charge in [0.05, 0.1) is 11.7 Å². The van der Waals surface area contributed by atoms with E-state index in [1.807, 2.05) is 18.2 Å². The van der Waals surface area contributed by atoms with Crippen LogP contribution in [-0.2, 0) is 0 Å². The van der Waals surface area contributed by atoms with E-state index in [1.54, 1.807) is 6.20 Å². The molecule has 19 heavy (non-hydrogen) atoms. The standard InChI is InChI=1S/C14H13BrClN3/c15-8-5-13(14(16)18-7-8)19-12-6-11(17)9-3-1-2-4-10(9)12/h1-5,7,11-12,19H,6,17H2. The second-order valence-electron chi connectivity index (χ2n) is 4.66. The number of rotatable bonds is 2. The highest BCUT2D eigenvalue weighted by Gasteiger charge is 2.28. The minimum atomic E-state index is 0.0765. The number of nitrogens with zero attached hydrogens (tertiary/aromatic N) is 1. The van der Waals surface area contributed by atoms with Crippen LogP contribution < -0.4 is 11.1 Å². The number of nitrogens with one attached hydrogen (secondary N) is 1. The van der Waals surface area contributed by atoms with E-state index in [-0.39, 0.29) is 12.1 Å². The van der Waals surface area contributed by atoms with E-state index < -0.39 is 0 Å².